The van der Waals surface area contributed by atoms with Crippen LogP contribution in [0.4, 0.5) is 0 Å². The fourth-order valence-electron chi connectivity index (χ4n) is 4.06. The number of nitrogens with zero attached hydrogens (tertiary/aromatic N) is 1. The molecular formula is C24H24ClNO3Si. The van der Waals surface area contributed by atoms with E-state index in [0.717, 1.165) is 0 Å². The van der Waals surface area contributed by atoms with Crippen LogP contribution in [0.2, 0.25) is 10.2 Å². The molecule has 0 atom stereocenters. The van der Waals surface area contributed by atoms with Crippen LogP contribution in [0.3, 0.4) is 0 Å². The Kier molecular flexibility index (Phi) is 5.45. The summed E-state index contributed by atoms with van der Waals surface area (Å²) in [5.41, 5.74) is 0.902. The molecule has 0 aliphatic heterocycles. The zero-order valence-corrected chi connectivity index (χ0v) is 19.0. The lowest BCUT2D eigenvalue weighted by molar-refractivity contribution is -0.574. The second kappa shape index (κ2) is 7.91. The van der Waals surface area contributed by atoms with Crippen molar-refractivity contribution in [2.45, 2.75) is 32.4 Å². The third-order valence-electron chi connectivity index (χ3n) is 5.42. The van der Waals surface area contributed by atoms with E-state index in [1.807, 2.05) is 12.1 Å². The molecule has 0 bridgehead atoms. The smallest absolute Gasteiger partial charge is 0.286 e. The van der Waals surface area contributed by atoms with E-state index in [1.54, 1.807) is 12.1 Å². The largest absolute Gasteiger partial charge is 0.617 e. The second-order valence-corrected chi connectivity index (χ2v) is 13.1. The Hall–Kier alpha value is -2.60. The van der Waals surface area contributed by atoms with Gasteiger partial charge in [0.1, 0.15) is 5.76 Å². The first-order valence-electron chi connectivity index (χ1n) is 9.88. The van der Waals surface area contributed by atoms with Gasteiger partial charge in [-0.15, -0.1) is 0 Å². The van der Waals surface area contributed by atoms with E-state index in [-0.39, 0.29) is 16.8 Å². The van der Waals surface area contributed by atoms with Crippen molar-refractivity contribution in [1.82, 2.24) is 0 Å². The van der Waals surface area contributed by atoms with Crippen molar-refractivity contribution < 1.29 is 13.6 Å². The van der Waals surface area contributed by atoms with E-state index in [1.165, 1.54) is 16.4 Å². The summed E-state index contributed by atoms with van der Waals surface area (Å²) < 4.78 is 13.4. The van der Waals surface area contributed by atoms with E-state index in [9.17, 15) is 5.21 Å². The van der Waals surface area contributed by atoms with Crippen molar-refractivity contribution in [3.63, 3.8) is 0 Å². The van der Waals surface area contributed by atoms with E-state index in [0.29, 0.717) is 21.6 Å². The average Bonchev–Trinajstić information content (AvgIpc) is 3.16. The Balaban J connectivity index is 1.80. The van der Waals surface area contributed by atoms with Gasteiger partial charge in [0.05, 0.1) is 12.7 Å². The number of pyridine rings is 1. The van der Waals surface area contributed by atoms with E-state index in [4.69, 9.17) is 20.4 Å². The Bertz CT molecular complexity index is 1110. The first kappa shape index (κ1) is 20.7. The highest BCUT2D eigenvalue weighted by Crippen LogP contribution is 2.37. The molecule has 0 spiro atoms. The summed E-state index contributed by atoms with van der Waals surface area (Å²) in [4.78, 5) is 0. The number of benzene rings is 2. The molecule has 2 aromatic carbocycles. The van der Waals surface area contributed by atoms with Crippen molar-refractivity contribution in [1.29, 1.82) is 0 Å². The molecule has 0 N–H and O–H groups in total. The molecule has 6 heteroatoms. The molecule has 2 aromatic heterocycles. The molecule has 2 heterocycles. The first-order valence-corrected chi connectivity index (χ1v) is 12.2. The Labute approximate surface area is 182 Å². The molecule has 0 saturated heterocycles. The monoisotopic (exact) mass is 437 g/mol. The summed E-state index contributed by atoms with van der Waals surface area (Å²) in [6.45, 7) is 6.94. The van der Waals surface area contributed by atoms with Gasteiger partial charge in [0.15, 0.2) is 5.58 Å². The fraction of sp³-hybridized carbons (Fsp3) is 0.208. The molecule has 30 heavy (non-hydrogen) atoms. The molecule has 0 amide bonds. The standard InChI is InChI=1S/C24H24ClNO3Si/c1-24(2,3)30(19-10-6-4-7-11-19,20-12-8-5-9-13-20)28-17-18-16-21-22(29-18)14-15-23(25)26(21)27/h4-16H,17H2,1-3H3. The highest BCUT2D eigenvalue weighted by Gasteiger charge is 2.50. The van der Waals surface area contributed by atoms with Crippen LogP contribution in [0, 0.1) is 5.21 Å². The van der Waals surface area contributed by atoms with E-state index < -0.39 is 8.32 Å². The van der Waals surface area contributed by atoms with Gasteiger partial charge in [0, 0.05) is 6.07 Å². The van der Waals surface area contributed by atoms with Crippen LogP contribution < -0.4 is 15.1 Å². The summed E-state index contributed by atoms with van der Waals surface area (Å²) in [7, 11) is -2.68. The van der Waals surface area contributed by atoms with Crippen molar-refractivity contribution in [2.75, 3.05) is 0 Å². The van der Waals surface area contributed by atoms with E-state index >= 15 is 0 Å². The Morgan fingerprint density at radius 1 is 0.933 bits per heavy atom. The number of hydrogen-bond acceptors (Lipinski definition) is 3. The quantitative estimate of drug-likeness (QED) is 0.195. The lowest BCUT2D eigenvalue weighted by Crippen LogP contribution is -2.66. The highest BCUT2D eigenvalue weighted by atomic mass is 35.5. The Morgan fingerprint density at radius 2 is 1.50 bits per heavy atom. The number of furan rings is 1. The van der Waals surface area contributed by atoms with Crippen LogP contribution in [0.15, 0.2) is 83.3 Å². The summed E-state index contributed by atoms with van der Waals surface area (Å²) >= 11 is 5.95. The van der Waals surface area contributed by atoms with Crippen LogP contribution in [0.5, 0.6) is 0 Å². The highest BCUT2D eigenvalue weighted by molar-refractivity contribution is 6.99. The van der Waals surface area contributed by atoms with Gasteiger partial charge in [-0.2, -0.15) is 4.73 Å². The molecule has 4 rings (SSSR count). The SMILES string of the molecule is CC(C)(C)[Si](OCc1cc2c(ccc(Cl)[n+]2[O-])o1)(c1ccccc1)c1ccccc1. The van der Waals surface area contributed by atoms with Crippen LogP contribution in [-0.2, 0) is 11.0 Å². The minimum absolute atomic E-state index is 0.114. The molecular weight excluding hydrogens is 414 g/mol. The predicted molar refractivity (Wildman–Crippen MR) is 123 cm³/mol. The van der Waals surface area contributed by atoms with Gasteiger partial charge in [0.25, 0.3) is 19.0 Å². The number of aromatic nitrogens is 1. The second-order valence-electron chi connectivity index (χ2n) is 8.36. The van der Waals surface area contributed by atoms with Crippen molar-refractivity contribution >= 4 is 41.4 Å². The third-order valence-corrected chi connectivity index (χ3v) is 10.7. The van der Waals surface area contributed by atoms with E-state index in [2.05, 4.69) is 69.3 Å². The van der Waals surface area contributed by atoms with Gasteiger partial charge in [-0.05, 0) is 33.1 Å². The van der Waals surface area contributed by atoms with Crippen molar-refractivity contribution in [3.8, 4) is 0 Å². The molecule has 4 aromatic rings. The lowest BCUT2D eigenvalue weighted by atomic mass is 10.2. The van der Waals surface area contributed by atoms with Crippen LogP contribution in [0.25, 0.3) is 11.1 Å². The fourth-order valence-corrected chi connectivity index (χ4v) is 8.73. The molecule has 154 valence electrons. The maximum atomic E-state index is 12.2. The maximum absolute atomic E-state index is 12.2. The van der Waals surface area contributed by atoms with Gasteiger partial charge in [0.2, 0.25) is 0 Å². The van der Waals surface area contributed by atoms with Gasteiger partial charge in [-0.1, -0.05) is 81.4 Å². The third kappa shape index (κ3) is 3.53. The van der Waals surface area contributed by atoms with Gasteiger partial charge in [-0.3, -0.25) is 0 Å². The van der Waals surface area contributed by atoms with Crippen LogP contribution in [-0.4, -0.2) is 8.32 Å². The zero-order valence-electron chi connectivity index (χ0n) is 17.3. The molecule has 0 fully saturated rings. The molecule has 0 saturated carbocycles. The van der Waals surface area contributed by atoms with Crippen LogP contribution in [0.1, 0.15) is 26.5 Å². The number of rotatable bonds is 5. The average molecular weight is 438 g/mol. The maximum Gasteiger partial charge on any atom is 0.286 e. The minimum atomic E-state index is -2.68. The lowest BCUT2D eigenvalue weighted by Gasteiger charge is -2.42. The molecule has 0 aliphatic rings. The molecule has 4 nitrogen and oxygen atoms in total. The minimum Gasteiger partial charge on any atom is -0.617 e. The van der Waals surface area contributed by atoms with Gasteiger partial charge >= 0.3 is 0 Å². The molecule has 0 unspecified atom stereocenters. The van der Waals surface area contributed by atoms with Gasteiger partial charge in [-0.25, -0.2) is 0 Å². The van der Waals surface area contributed by atoms with Crippen molar-refractivity contribution in [2.24, 2.45) is 0 Å². The van der Waals surface area contributed by atoms with Crippen molar-refractivity contribution in [3.05, 3.63) is 95.0 Å². The van der Waals surface area contributed by atoms with Gasteiger partial charge < -0.3 is 14.1 Å². The summed E-state index contributed by atoms with van der Waals surface area (Å²) in [5.74, 6) is 0.602. The number of hydrogen-bond donors (Lipinski definition) is 0. The number of fused-ring (bicyclic) bond motifs is 1. The molecule has 0 aliphatic carbocycles. The zero-order chi connectivity index (χ0) is 21.4. The topological polar surface area (TPSA) is 49.3 Å². The number of halogens is 1. The first-order chi connectivity index (χ1) is 14.3. The summed E-state index contributed by atoms with van der Waals surface area (Å²) in [6.07, 6.45) is 0. The summed E-state index contributed by atoms with van der Waals surface area (Å²) in [6, 6.07) is 25.8. The predicted octanol–water partition coefficient (Wildman–Crippen LogP) is 4.80. The molecule has 0 radical (unpaired) electrons. The normalized spacial score (nSPS) is 12.4. The summed E-state index contributed by atoms with van der Waals surface area (Å²) in [5, 5.41) is 14.6. The Morgan fingerprint density at radius 3 is 2.03 bits per heavy atom. The van der Waals surface area contributed by atoms with Crippen LogP contribution >= 0.6 is 11.6 Å².